The van der Waals surface area contributed by atoms with Crippen molar-refractivity contribution in [1.29, 1.82) is 5.26 Å². The van der Waals surface area contributed by atoms with Crippen molar-refractivity contribution in [2.45, 2.75) is 56.8 Å². The number of anilines is 2. The molecule has 2 atom stereocenters. The molecule has 240 valence electrons. The number of nitrogens with zero attached hydrogens (tertiary/aromatic N) is 7. The standard InChI is InChI=1S/C35H40FN7O3/c1-23-7-4-8-25-9-5-11-30(31(23)25)43-19-29-28(17-35(43)21-45-22-35)32(39-34(38-29)46-20-27-10-6-14-40(27)3)41-15-16-42(33(44)24(2)36)26(18-41)12-13-37/h4-5,7-9,11,26-27H,2,6,10,12,14-22H2,1,3H3/t26-,27-/m0/s1. The lowest BCUT2D eigenvalue weighted by molar-refractivity contribution is -0.131. The topological polar surface area (TPSA) is 98.1 Å². The third-order valence-corrected chi connectivity index (χ3v) is 10.2. The number of fused-ring (bicyclic) bond motifs is 2. The number of likely N-dealkylation sites (tertiary alicyclic amines) is 1. The van der Waals surface area contributed by atoms with Crippen molar-refractivity contribution in [1.82, 2.24) is 19.8 Å². The van der Waals surface area contributed by atoms with Crippen LogP contribution in [0.3, 0.4) is 0 Å². The first kappa shape index (κ1) is 30.4. The normalized spacial score (nSPS) is 22.4. The zero-order valence-electron chi connectivity index (χ0n) is 26.5. The molecule has 3 aromatic rings. The molecule has 5 heterocycles. The van der Waals surface area contributed by atoms with Crippen molar-refractivity contribution < 1.29 is 18.7 Å². The van der Waals surface area contributed by atoms with Crippen LogP contribution in [-0.4, -0.2) is 96.3 Å². The third-order valence-electron chi connectivity index (χ3n) is 10.2. The molecule has 0 aliphatic carbocycles. The van der Waals surface area contributed by atoms with Crippen LogP contribution in [0.5, 0.6) is 6.01 Å². The molecular formula is C35H40FN7O3. The number of nitriles is 1. The van der Waals surface area contributed by atoms with Crippen molar-refractivity contribution in [3.8, 4) is 12.1 Å². The highest BCUT2D eigenvalue weighted by molar-refractivity contribution is 5.97. The molecule has 10 nitrogen and oxygen atoms in total. The maximum atomic E-state index is 13.9. The first-order valence-electron chi connectivity index (χ1n) is 16.1. The molecule has 4 aliphatic rings. The number of hydrogen-bond donors (Lipinski definition) is 0. The molecule has 0 N–H and O–H groups in total. The molecule has 0 bridgehead atoms. The number of ether oxygens (including phenoxy) is 2. The lowest BCUT2D eigenvalue weighted by Crippen LogP contribution is -2.66. The van der Waals surface area contributed by atoms with E-state index in [1.165, 1.54) is 21.2 Å². The molecule has 7 rings (SSSR count). The Labute approximate surface area is 269 Å². The number of hydrogen-bond acceptors (Lipinski definition) is 9. The van der Waals surface area contributed by atoms with E-state index < -0.39 is 17.8 Å². The molecular weight excluding hydrogens is 585 g/mol. The molecule has 11 heteroatoms. The predicted molar refractivity (Wildman–Crippen MR) is 173 cm³/mol. The molecule has 1 spiro atoms. The van der Waals surface area contributed by atoms with Crippen LogP contribution in [0, 0.1) is 18.3 Å². The van der Waals surface area contributed by atoms with Gasteiger partial charge < -0.3 is 29.1 Å². The lowest BCUT2D eigenvalue weighted by atomic mass is 9.81. The molecule has 1 aromatic heterocycles. The van der Waals surface area contributed by atoms with Crippen molar-refractivity contribution >= 4 is 28.2 Å². The quantitative estimate of drug-likeness (QED) is 0.359. The minimum atomic E-state index is -1.01. The van der Waals surface area contributed by atoms with Crippen LogP contribution in [0.15, 0.2) is 48.8 Å². The van der Waals surface area contributed by atoms with E-state index in [1.54, 1.807) is 0 Å². The second kappa shape index (κ2) is 12.2. The SMILES string of the molecule is C=C(F)C(=O)N1CCN(c2nc(OC[C@@H]3CCCN3C)nc3c2CC2(COC2)N(c2cccc4cccc(C)c24)C3)C[C@@H]1CC#N. The van der Waals surface area contributed by atoms with Crippen LogP contribution >= 0.6 is 0 Å². The maximum Gasteiger partial charge on any atom is 0.318 e. The van der Waals surface area contributed by atoms with Crippen LogP contribution in [0.4, 0.5) is 15.9 Å². The Kier molecular flexibility index (Phi) is 8.03. The van der Waals surface area contributed by atoms with Crippen molar-refractivity contribution in [2.75, 3.05) is 62.8 Å². The number of carbonyl (C=O) groups excluding carboxylic acids is 1. The highest BCUT2D eigenvalue weighted by atomic mass is 19.1. The Bertz CT molecular complexity index is 1710. The molecule has 3 saturated heterocycles. The number of aryl methyl sites for hydroxylation is 1. The summed E-state index contributed by atoms with van der Waals surface area (Å²) in [6.45, 7) is 9.66. The fourth-order valence-electron chi connectivity index (χ4n) is 7.65. The van der Waals surface area contributed by atoms with E-state index in [2.05, 4.69) is 77.7 Å². The molecule has 0 unspecified atom stereocenters. The lowest BCUT2D eigenvalue weighted by Gasteiger charge is -2.54. The first-order valence-corrected chi connectivity index (χ1v) is 16.1. The van der Waals surface area contributed by atoms with Crippen LogP contribution in [0.1, 0.15) is 36.1 Å². The molecule has 1 amide bonds. The molecule has 0 saturated carbocycles. The van der Waals surface area contributed by atoms with Gasteiger partial charge in [-0.15, -0.1) is 0 Å². The highest BCUT2D eigenvalue weighted by Crippen LogP contribution is 2.45. The van der Waals surface area contributed by atoms with E-state index in [4.69, 9.17) is 19.4 Å². The van der Waals surface area contributed by atoms with Gasteiger partial charge in [0.2, 0.25) is 0 Å². The van der Waals surface area contributed by atoms with Gasteiger partial charge in [0.05, 0.1) is 49.5 Å². The van der Waals surface area contributed by atoms with Crippen molar-refractivity contribution in [2.24, 2.45) is 0 Å². The number of halogens is 1. The smallest absolute Gasteiger partial charge is 0.318 e. The number of piperazine rings is 1. The number of aromatic nitrogens is 2. The fraction of sp³-hybridized carbons (Fsp3) is 0.486. The number of likely N-dealkylation sites (N-methyl/N-ethyl adjacent to an activating group) is 1. The van der Waals surface area contributed by atoms with Gasteiger partial charge in [0.25, 0.3) is 5.91 Å². The predicted octanol–water partition coefficient (Wildman–Crippen LogP) is 4.16. The molecule has 3 fully saturated rings. The Morgan fingerprint density at radius 1 is 1.17 bits per heavy atom. The molecule has 2 aromatic carbocycles. The van der Waals surface area contributed by atoms with Crippen LogP contribution in [-0.2, 0) is 22.5 Å². The number of carbonyl (C=O) groups is 1. The Morgan fingerprint density at radius 2 is 1.98 bits per heavy atom. The summed E-state index contributed by atoms with van der Waals surface area (Å²) in [4.78, 5) is 31.0. The Morgan fingerprint density at radius 3 is 2.67 bits per heavy atom. The van der Waals surface area contributed by atoms with E-state index in [0.717, 1.165) is 42.1 Å². The number of rotatable bonds is 7. The van der Waals surface area contributed by atoms with Crippen molar-refractivity contribution in [3.63, 3.8) is 0 Å². The maximum absolute atomic E-state index is 13.9. The van der Waals surface area contributed by atoms with Gasteiger partial charge in [-0.2, -0.15) is 15.2 Å². The second-order valence-corrected chi connectivity index (χ2v) is 13.1. The summed E-state index contributed by atoms with van der Waals surface area (Å²) in [5.74, 6) is -1.02. The van der Waals surface area contributed by atoms with Gasteiger partial charge in [-0.25, -0.2) is 4.39 Å². The Balaban J connectivity index is 1.29. The summed E-state index contributed by atoms with van der Waals surface area (Å²) in [7, 11) is 2.12. The minimum absolute atomic E-state index is 0.0755. The van der Waals surface area contributed by atoms with Gasteiger partial charge in [0.15, 0.2) is 5.83 Å². The van der Waals surface area contributed by atoms with Gasteiger partial charge in [-0.3, -0.25) is 4.79 Å². The Hall–Kier alpha value is -4.27. The van der Waals surface area contributed by atoms with E-state index in [1.807, 2.05) is 0 Å². The average molecular weight is 626 g/mol. The average Bonchev–Trinajstić information content (AvgIpc) is 3.45. The minimum Gasteiger partial charge on any atom is -0.462 e. The van der Waals surface area contributed by atoms with Crippen LogP contribution in [0.25, 0.3) is 10.8 Å². The summed E-state index contributed by atoms with van der Waals surface area (Å²) in [6.07, 6.45) is 2.96. The third kappa shape index (κ3) is 5.33. The fourth-order valence-corrected chi connectivity index (χ4v) is 7.65. The molecule has 46 heavy (non-hydrogen) atoms. The molecule has 0 radical (unpaired) electrons. The number of amides is 1. The zero-order chi connectivity index (χ0) is 32.0. The number of benzene rings is 2. The summed E-state index contributed by atoms with van der Waals surface area (Å²) in [5, 5.41) is 12.0. The van der Waals surface area contributed by atoms with Crippen molar-refractivity contribution in [3.05, 3.63) is 65.6 Å². The van der Waals surface area contributed by atoms with Gasteiger partial charge >= 0.3 is 6.01 Å². The van der Waals surface area contributed by atoms with Gasteiger partial charge in [0.1, 0.15) is 12.4 Å². The summed E-state index contributed by atoms with van der Waals surface area (Å²) < 4.78 is 26.2. The second-order valence-electron chi connectivity index (χ2n) is 13.1. The van der Waals surface area contributed by atoms with Crippen LogP contribution in [0.2, 0.25) is 0 Å². The summed E-state index contributed by atoms with van der Waals surface area (Å²) in [6, 6.07) is 15.2. The largest absolute Gasteiger partial charge is 0.462 e. The van der Waals surface area contributed by atoms with Gasteiger partial charge in [-0.1, -0.05) is 36.9 Å². The van der Waals surface area contributed by atoms with E-state index >= 15 is 0 Å². The summed E-state index contributed by atoms with van der Waals surface area (Å²) in [5.41, 5.74) is 4.04. The first-order chi connectivity index (χ1) is 22.3. The van der Waals surface area contributed by atoms with Crippen LogP contribution < -0.4 is 14.5 Å². The van der Waals surface area contributed by atoms with E-state index in [-0.39, 0.29) is 18.5 Å². The molecule has 4 aliphatic heterocycles. The van der Waals surface area contributed by atoms with Gasteiger partial charge in [-0.05, 0) is 50.4 Å². The monoisotopic (exact) mass is 625 g/mol. The van der Waals surface area contributed by atoms with E-state index in [9.17, 15) is 14.4 Å². The summed E-state index contributed by atoms with van der Waals surface area (Å²) >= 11 is 0. The van der Waals surface area contributed by atoms with E-state index in [0.29, 0.717) is 57.9 Å². The van der Waals surface area contributed by atoms with Gasteiger partial charge in [0, 0.05) is 48.7 Å². The zero-order valence-corrected chi connectivity index (χ0v) is 26.5. The highest BCUT2D eigenvalue weighted by Gasteiger charge is 2.50.